The molecule has 0 saturated heterocycles. The molecule has 1 heterocycles. The van der Waals surface area contributed by atoms with Gasteiger partial charge in [-0.1, -0.05) is 48.5 Å². The number of nitrogens with one attached hydrogen (secondary N) is 1. The average molecular weight is 494 g/mol. The van der Waals surface area contributed by atoms with Crippen molar-refractivity contribution in [2.75, 3.05) is 19.7 Å². The number of hydrogen-bond acceptors (Lipinski definition) is 6. The Balaban J connectivity index is 1.28. The van der Waals surface area contributed by atoms with Gasteiger partial charge < -0.3 is 20.1 Å². The second-order valence-corrected chi connectivity index (χ2v) is 9.18. The predicted molar refractivity (Wildman–Crippen MR) is 133 cm³/mol. The van der Waals surface area contributed by atoms with Crippen molar-refractivity contribution in [2.24, 2.45) is 0 Å². The predicted octanol–water partition coefficient (Wildman–Crippen LogP) is 4.16. The molecule has 0 fully saturated rings. The topological polar surface area (TPSA) is 109 Å². The maximum absolute atomic E-state index is 12.6. The highest BCUT2D eigenvalue weighted by Crippen LogP contribution is 2.44. The number of benzene rings is 2. The lowest BCUT2D eigenvalue weighted by atomic mass is 9.98. The minimum Gasteiger partial charge on any atom is -0.480 e. The summed E-state index contributed by atoms with van der Waals surface area (Å²) in [7, 11) is 0. The quantitative estimate of drug-likeness (QED) is 0.463. The zero-order chi connectivity index (χ0) is 24.9. The maximum Gasteiger partial charge on any atom is 0.407 e. The van der Waals surface area contributed by atoms with E-state index < -0.39 is 24.0 Å². The SMILES string of the molecule is CCN(C(=O)c1csc(CCNC(=O)OCC2c3ccccc3-c3ccccc32)n1)C(C)C(=O)O. The molecule has 182 valence electrons. The van der Waals surface area contributed by atoms with Gasteiger partial charge in [-0.25, -0.2) is 14.6 Å². The van der Waals surface area contributed by atoms with Crippen molar-refractivity contribution in [1.82, 2.24) is 15.2 Å². The molecule has 1 aromatic heterocycles. The molecular formula is C26H27N3O5S. The summed E-state index contributed by atoms with van der Waals surface area (Å²) in [4.78, 5) is 41.8. The van der Waals surface area contributed by atoms with E-state index in [4.69, 9.17) is 4.74 Å². The molecule has 1 atom stereocenters. The summed E-state index contributed by atoms with van der Waals surface area (Å²) in [6, 6.07) is 15.4. The van der Waals surface area contributed by atoms with E-state index in [1.54, 1.807) is 12.3 Å². The van der Waals surface area contributed by atoms with Crippen LogP contribution < -0.4 is 5.32 Å². The molecule has 0 radical (unpaired) electrons. The van der Waals surface area contributed by atoms with Crippen LogP contribution in [0.5, 0.6) is 0 Å². The van der Waals surface area contributed by atoms with Crippen LogP contribution in [0, 0.1) is 0 Å². The number of likely N-dealkylation sites (N-methyl/N-ethyl adjacent to an activating group) is 1. The van der Waals surface area contributed by atoms with Crippen LogP contribution in [0.15, 0.2) is 53.9 Å². The lowest BCUT2D eigenvalue weighted by Crippen LogP contribution is -2.43. The molecule has 0 bridgehead atoms. The smallest absolute Gasteiger partial charge is 0.407 e. The van der Waals surface area contributed by atoms with Crippen molar-refractivity contribution in [3.05, 3.63) is 75.7 Å². The van der Waals surface area contributed by atoms with E-state index in [0.717, 1.165) is 11.1 Å². The summed E-state index contributed by atoms with van der Waals surface area (Å²) >= 11 is 1.30. The number of carbonyl (C=O) groups is 3. The van der Waals surface area contributed by atoms with Gasteiger partial charge in [0.2, 0.25) is 0 Å². The number of fused-ring (bicyclic) bond motifs is 3. The number of thiazole rings is 1. The van der Waals surface area contributed by atoms with E-state index in [2.05, 4.69) is 34.6 Å². The first kappa shape index (κ1) is 24.4. The third-order valence-electron chi connectivity index (χ3n) is 6.15. The Morgan fingerprint density at radius 2 is 1.74 bits per heavy atom. The third-order valence-corrected chi connectivity index (χ3v) is 7.06. The van der Waals surface area contributed by atoms with Crippen molar-refractivity contribution < 1.29 is 24.2 Å². The van der Waals surface area contributed by atoms with E-state index in [1.165, 1.54) is 34.3 Å². The Morgan fingerprint density at radius 1 is 1.11 bits per heavy atom. The highest BCUT2D eigenvalue weighted by Gasteiger charge is 2.29. The van der Waals surface area contributed by atoms with Crippen LogP contribution in [0.4, 0.5) is 4.79 Å². The molecule has 2 N–H and O–H groups in total. The summed E-state index contributed by atoms with van der Waals surface area (Å²) in [5.41, 5.74) is 4.86. The molecule has 0 spiro atoms. The summed E-state index contributed by atoms with van der Waals surface area (Å²) in [5.74, 6) is -1.49. The molecule has 8 nitrogen and oxygen atoms in total. The van der Waals surface area contributed by atoms with E-state index in [1.807, 2.05) is 24.3 Å². The van der Waals surface area contributed by atoms with Gasteiger partial charge in [0, 0.05) is 30.8 Å². The largest absolute Gasteiger partial charge is 0.480 e. The lowest BCUT2D eigenvalue weighted by molar-refractivity contribution is -0.141. The first-order valence-corrected chi connectivity index (χ1v) is 12.4. The number of aliphatic carboxylic acids is 1. The molecule has 9 heteroatoms. The zero-order valence-corrected chi connectivity index (χ0v) is 20.4. The molecule has 4 rings (SSSR count). The Bertz CT molecular complexity index is 1200. The summed E-state index contributed by atoms with van der Waals surface area (Å²) < 4.78 is 5.53. The van der Waals surface area contributed by atoms with Crippen LogP contribution in [0.2, 0.25) is 0 Å². The molecule has 1 aliphatic carbocycles. The van der Waals surface area contributed by atoms with Crippen molar-refractivity contribution >= 4 is 29.3 Å². The fourth-order valence-corrected chi connectivity index (χ4v) is 5.09. The molecule has 35 heavy (non-hydrogen) atoms. The van der Waals surface area contributed by atoms with Crippen molar-refractivity contribution in [3.8, 4) is 11.1 Å². The van der Waals surface area contributed by atoms with Crippen LogP contribution in [0.3, 0.4) is 0 Å². The Hall–Kier alpha value is -3.72. The van der Waals surface area contributed by atoms with Crippen molar-refractivity contribution in [1.29, 1.82) is 0 Å². The zero-order valence-electron chi connectivity index (χ0n) is 19.6. The first-order valence-electron chi connectivity index (χ1n) is 11.5. The van der Waals surface area contributed by atoms with Gasteiger partial charge >= 0.3 is 12.1 Å². The first-order chi connectivity index (χ1) is 16.9. The monoisotopic (exact) mass is 493 g/mol. The Kier molecular flexibility index (Phi) is 7.45. The number of alkyl carbamates (subject to hydrolysis) is 1. The van der Waals surface area contributed by atoms with E-state index in [-0.39, 0.29) is 24.8 Å². The molecule has 0 aliphatic heterocycles. The fraction of sp³-hybridized carbons (Fsp3) is 0.308. The lowest BCUT2D eigenvalue weighted by Gasteiger charge is -2.23. The molecule has 2 amide bonds. The minimum atomic E-state index is -1.07. The van der Waals surface area contributed by atoms with E-state index in [0.29, 0.717) is 18.0 Å². The van der Waals surface area contributed by atoms with Gasteiger partial charge in [0.15, 0.2) is 0 Å². The summed E-state index contributed by atoms with van der Waals surface area (Å²) in [6.45, 7) is 4.01. The second-order valence-electron chi connectivity index (χ2n) is 8.23. The number of carbonyl (C=O) groups excluding carboxylic acids is 2. The van der Waals surface area contributed by atoms with Crippen molar-refractivity contribution in [2.45, 2.75) is 32.2 Å². The molecule has 2 aromatic carbocycles. The van der Waals surface area contributed by atoms with Gasteiger partial charge in [0.1, 0.15) is 18.3 Å². The third kappa shape index (κ3) is 5.19. The highest BCUT2D eigenvalue weighted by atomic mass is 32.1. The van der Waals surface area contributed by atoms with Crippen molar-refractivity contribution in [3.63, 3.8) is 0 Å². The van der Waals surface area contributed by atoms with Crippen LogP contribution in [-0.2, 0) is 16.0 Å². The van der Waals surface area contributed by atoms with Crippen LogP contribution in [-0.4, -0.2) is 58.7 Å². The fourth-order valence-electron chi connectivity index (χ4n) is 4.32. The van der Waals surface area contributed by atoms with Gasteiger partial charge in [0.25, 0.3) is 5.91 Å². The summed E-state index contributed by atoms with van der Waals surface area (Å²) in [6.07, 6.45) is -0.0740. The number of rotatable bonds is 9. The van der Waals surface area contributed by atoms with Gasteiger partial charge in [-0.05, 0) is 36.1 Å². The Morgan fingerprint density at radius 3 is 2.34 bits per heavy atom. The molecule has 0 saturated carbocycles. The van der Waals surface area contributed by atoms with Crippen LogP contribution in [0.25, 0.3) is 11.1 Å². The highest BCUT2D eigenvalue weighted by molar-refractivity contribution is 7.09. The summed E-state index contributed by atoms with van der Waals surface area (Å²) in [5, 5.41) is 14.2. The van der Waals surface area contributed by atoms with E-state index >= 15 is 0 Å². The molecule has 3 aromatic rings. The number of carboxylic acids is 1. The number of hydrogen-bond donors (Lipinski definition) is 2. The number of ether oxygens (including phenoxy) is 1. The van der Waals surface area contributed by atoms with Crippen LogP contribution >= 0.6 is 11.3 Å². The number of aromatic nitrogens is 1. The van der Waals surface area contributed by atoms with E-state index in [9.17, 15) is 19.5 Å². The normalized spacial score (nSPS) is 13.0. The molecular weight excluding hydrogens is 466 g/mol. The van der Waals surface area contributed by atoms with Crippen LogP contribution in [0.1, 0.15) is 46.4 Å². The molecule has 1 unspecified atom stereocenters. The minimum absolute atomic E-state index is 0.00427. The second kappa shape index (κ2) is 10.7. The van der Waals surface area contributed by atoms with Gasteiger partial charge in [-0.3, -0.25) is 4.79 Å². The maximum atomic E-state index is 12.6. The Labute approximate surface area is 207 Å². The average Bonchev–Trinajstić information content (AvgIpc) is 3.46. The standard InChI is InChI=1S/C26H27N3O5S/c1-3-29(16(2)25(31)32)24(30)22-15-35-23(28-22)12-13-27-26(33)34-14-21-19-10-6-4-8-17(19)18-9-5-7-11-20(18)21/h4-11,15-16,21H,3,12-14H2,1-2H3,(H,27,33)(H,31,32). The van der Waals surface area contributed by atoms with Gasteiger partial charge in [-0.2, -0.15) is 0 Å². The number of carboxylic acid groups (broad SMARTS) is 1. The molecule has 1 aliphatic rings. The number of nitrogens with zero attached hydrogens (tertiary/aromatic N) is 2. The van der Waals surface area contributed by atoms with Gasteiger partial charge in [-0.15, -0.1) is 11.3 Å². The number of amides is 2. The van der Waals surface area contributed by atoms with Gasteiger partial charge in [0.05, 0.1) is 5.01 Å².